The number of amides is 1. The van der Waals surface area contributed by atoms with E-state index in [1.54, 1.807) is 13.1 Å². The molecule has 0 aliphatic heterocycles. The molecule has 2 N–H and O–H groups in total. The molecular weight excluding hydrogens is 232 g/mol. The maximum atomic E-state index is 11.9. The number of nitrogens with zero attached hydrogens (tertiary/aromatic N) is 3. The fraction of sp³-hybridized carbons (Fsp3) is 0.750. The van der Waals surface area contributed by atoms with Crippen molar-refractivity contribution in [3.05, 3.63) is 11.9 Å². The van der Waals surface area contributed by atoms with Crippen LogP contribution in [0.5, 0.6) is 0 Å². The highest BCUT2D eigenvalue weighted by atomic mass is 16.3. The Morgan fingerprint density at radius 1 is 1.56 bits per heavy atom. The van der Waals surface area contributed by atoms with Crippen LogP contribution in [0.2, 0.25) is 0 Å². The lowest BCUT2D eigenvalue weighted by atomic mass is 10.2. The second kappa shape index (κ2) is 7.10. The molecule has 0 aliphatic carbocycles. The Morgan fingerprint density at radius 2 is 2.28 bits per heavy atom. The van der Waals surface area contributed by atoms with Crippen LogP contribution < -0.4 is 5.32 Å². The van der Waals surface area contributed by atoms with E-state index >= 15 is 0 Å². The Hall–Kier alpha value is -1.43. The molecule has 0 saturated heterocycles. The summed E-state index contributed by atoms with van der Waals surface area (Å²) in [7, 11) is 0. The maximum Gasteiger partial charge on any atom is 0.244 e. The zero-order chi connectivity index (χ0) is 13.5. The van der Waals surface area contributed by atoms with E-state index < -0.39 is 0 Å². The van der Waals surface area contributed by atoms with Crippen LogP contribution in [0.4, 0.5) is 0 Å². The molecule has 0 fully saturated rings. The lowest BCUT2D eigenvalue weighted by Crippen LogP contribution is -2.37. The van der Waals surface area contributed by atoms with Crippen molar-refractivity contribution < 1.29 is 9.90 Å². The molecule has 0 spiro atoms. The lowest BCUT2D eigenvalue weighted by molar-refractivity contribution is -0.124. The van der Waals surface area contributed by atoms with E-state index in [1.165, 1.54) is 4.68 Å². The van der Waals surface area contributed by atoms with E-state index in [0.29, 0.717) is 12.1 Å². The Kier molecular flexibility index (Phi) is 5.77. The Labute approximate surface area is 107 Å². The van der Waals surface area contributed by atoms with E-state index in [9.17, 15) is 4.79 Å². The fourth-order valence-electron chi connectivity index (χ4n) is 1.72. The van der Waals surface area contributed by atoms with Gasteiger partial charge in [0.1, 0.15) is 6.04 Å². The topological polar surface area (TPSA) is 80.0 Å². The number of hydrogen-bond donors (Lipinski definition) is 2. The quantitative estimate of drug-likeness (QED) is 0.750. The molecule has 0 aromatic carbocycles. The van der Waals surface area contributed by atoms with E-state index in [0.717, 1.165) is 12.8 Å². The number of carbonyl (C=O) groups is 1. The molecule has 1 amide bonds. The van der Waals surface area contributed by atoms with Crippen LogP contribution >= 0.6 is 0 Å². The molecule has 102 valence electrons. The first kappa shape index (κ1) is 14.6. The first-order valence-electron chi connectivity index (χ1n) is 6.40. The van der Waals surface area contributed by atoms with E-state index in [2.05, 4.69) is 22.6 Å². The minimum Gasteiger partial charge on any atom is -0.396 e. The summed E-state index contributed by atoms with van der Waals surface area (Å²) in [5, 5.41) is 19.5. The maximum absolute atomic E-state index is 11.9. The third kappa shape index (κ3) is 4.10. The second-order valence-electron chi connectivity index (χ2n) is 4.54. The Morgan fingerprint density at radius 3 is 2.89 bits per heavy atom. The van der Waals surface area contributed by atoms with Crippen LogP contribution in [-0.4, -0.2) is 38.7 Å². The molecule has 1 rings (SSSR count). The number of aliphatic hydroxyl groups excluding tert-OH is 1. The van der Waals surface area contributed by atoms with Gasteiger partial charge in [0.15, 0.2) is 0 Å². The number of aliphatic hydroxyl groups is 1. The number of nitrogens with one attached hydrogen (secondary N) is 1. The predicted molar refractivity (Wildman–Crippen MR) is 68.0 cm³/mol. The van der Waals surface area contributed by atoms with E-state index in [1.807, 2.05) is 6.92 Å². The molecule has 6 heteroatoms. The van der Waals surface area contributed by atoms with Crippen LogP contribution in [0.3, 0.4) is 0 Å². The minimum atomic E-state index is -0.385. The van der Waals surface area contributed by atoms with Gasteiger partial charge in [0, 0.05) is 25.3 Å². The molecule has 0 saturated carbocycles. The summed E-state index contributed by atoms with van der Waals surface area (Å²) in [6, 6.07) is -0.213. The summed E-state index contributed by atoms with van der Waals surface area (Å²) in [5.74, 6) is -0.0589. The zero-order valence-corrected chi connectivity index (χ0v) is 11.3. The van der Waals surface area contributed by atoms with Crippen molar-refractivity contribution in [2.45, 2.75) is 52.1 Å². The smallest absolute Gasteiger partial charge is 0.244 e. The van der Waals surface area contributed by atoms with Crippen molar-refractivity contribution in [3.63, 3.8) is 0 Å². The summed E-state index contributed by atoms with van der Waals surface area (Å²) in [6.07, 6.45) is 4.16. The van der Waals surface area contributed by atoms with Gasteiger partial charge in [0.2, 0.25) is 5.91 Å². The second-order valence-corrected chi connectivity index (χ2v) is 4.54. The molecule has 6 nitrogen and oxygen atoms in total. The van der Waals surface area contributed by atoms with Gasteiger partial charge in [-0.2, -0.15) is 0 Å². The molecule has 1 aromatic rings. The fourth-order valence-corrected chi connectivity index (χ4v) is 1.72. The van der Waals surface area contributed by atoms with E-state index in [4.69, 9.17) is 5.11 Å². The number of carbonyl (C=O) groups excluding carboxylic acids is 1. The molecular formula is C12H22N4O2. The van der Waals surface area contributed by atoms with Crippen molar-refractivity contribution in [3.8, 4) is 0 Å². The Bertz CT molecular complexity index is 378. The molecule has 1 heterocycles. The average molecular weight is 254 g/mol. The van der Waals surface area contributed by atoms with Gasteiger partial charge in [-0.15, -0.1) is 5.10 Å². The first-order valence-corrected chi connectivity index (χ1v) is 6.40. The highest BCUT2D eigenvalue weighted by molar-refractivity contribution is 5.79. The molecule has 18 heavy (non-hydrogen) atoms. The van der Waals surface area contributed by atoms with Gasteiger partial charge in [0.25, 0.3) is 0 Å². The van der Waals surface area contributed by atoms with E-state index in [-0.39, 0.29) is 24.6 Å². The van der Waals surface area contributed by atoms with Gasteiger partial charge in [-0.05, 0) is 20.3 Å². The van der Waals surface area contributed by atoms with Crippen molar-refractivity contribution in [1.82, 2.24) is 20.3 Å². The third-order valence-corrected chi connectivity index (χ3v) is 2.81. The zero-order valence-electron chi connectivity index (χ0n) is 11.3. The number of rotatable bonds is 7. The molecule has 2 atom stereocenters. The standard InChI is InChI=1S/C12H22N4O2/c1-4-5-9(2)13-12(18)10(3)16-8-11(6-7-17)14-15-16/h8-10,17H,4-7H2,1-3H3,(H,13,18). The monoisotopic (exact) mass is 254 g/mol. The van der Waals surface area contributed by atoms with Crippen LogP contribution in [0, 0.1) is 0 Å². The average Bonchev–Trinajstić information content (AvgIpc) is 2.77. The third-order valence-electron chi connectivity index (χ3n) is 2.81. The predicted octanol–water partition coefficient (Wildman–Crippen LogP) is 0.679. The van der Waals surface area contributed by atoms with Gasteiger partial charge in [0.05, 0.1) is 5.69 Å². The Balaban J connectivity index is 2.56. The van der Waals surface area contributed by atoms with Crippen molar-refractivity contribution >= 4 is 5.91 Å². The van der Waals surface area contributed by atoms with Crippen LogP contribution in [0.15, 0.2) is 6.20 Å². The van der Waals surface area contributed by atoms with Crippen LogP contribution in [0.1, 0.15) is 45.3 Å². The van der Waals surface area contributed by atoms with Gasteiger partial charge >= 0.3 is 0 Å². The molecule has 0 radical (unpaired) electrons. The van der Waals surface area contributed by atoms with Gasteiger partial charge in [-0.1, -0.05) is 18.6 Å². The lowest BCUT2D eigenvalue weighted by Gasteiger charge is -2.16. The number of hydrogen-bond acceptors (Lipinski definition) is 4. The SMILES string of the molecule is CCCC(C)NC(=O)C(C)n1cc(CCO)nn1. The highest BCUT2D eigenvalue weighted by Gasteiger charge is 2.18. The van der Waals surface area contributed by atoms with Gasteiger partial charge in [-0.25, -0.2) is 4.68 Å². The van der Waals surface area contributed by atoms with Crippen molar-refractivity contribution in [1.29, 1.82) is 0 Å². The first-order chi connectivity index (χ1) is 8.58. The molecule has 2 unspecified atom stereocenters. The summed E-state index contributed by atoms with van der Waals surface area (Å²) in [6.45, 7) is 5.90. The van der Waals surface area contributed by atoms with Crippen LogP contribution in [-0.2, 0) is 11.2 Å². The highest BCUT2D eigenvalue weighted by Crippen LogP contribution is 2.06. The molecule has 0 aliphatic rings. The summed E-state index contributed by atoms with van der Waals surface area (Å²) in [4.78, 5) is 11.9. The largest absolute Gasteiger partial charge is 0.396 e. The summed E-state index contributed by atoms with van der Waals surface area (Å²) < 4.78 is 1.53. The minimum absolute atomic E-state index is 0.0345. The normalized spacial score (nSPS) is 14.2. The molecule has 1 aromatic heterocycles. The summed E-state index contributed by atoms with van der Waals surface area (Å²) >= 11 is 0. The van der Waals surface area contributed by atoms with Crippen molar-refractivity contribution in [2.24, 2.45) is 0 Å². The summed E-state index contributed by atoms with van der Waals surface area (Å²) in [5.41, 5.74) is 0.693. The van der Waals surface area contributed by atoms with Gasteiger partial charge < -0.3 is 10.4 Å². The number of aromatic nitrogens is 3. The van der Waals surface area contributed by atoms with Crippen LogP contribution in [0.25, 0.3) is 0 Å². The van der Waals surface area contributed by atoms with Crippen molar-refractivity contribution in [2.75, 3.05) is 6.61 Å². The molecule has 0 bridgehead atoms. The van der Waals surface area contributed by atoms with Gasteiger partial charge in [-0.3, -0.25) is 4.79 Å².